The Labute approximate surface area is 391 Å². The van der Waals surface area contributed by atoms with E-state index in [1.807, 2.05) is 12.2 Å². The Morgan fingerprint density at radius 3 is 1.34 bits per heavy atom. The van der Waals surface area contributed by atoms with Crippen LogP contribution < -0.4 is 5.32 Å². The van der Waals surface area contributed by atoms with E-state index in [0.29, 0.717) is 12.8 Å². The van der Waals surface area contributed by atoms with E-state index in [9.17, 15) is 30.3 Å². The third kappa shape index (κ3) is 34.0. The zero-order valence-electron chi connectivity index (χ0n) is 40.8. The Morgan fingerprint density at radius 1 is 0.547 bits per heavy atom. The highest BCUT2D eigenvalue weighted by Crippen LogP contribution is 2.23. The molecule has 370 valence electrons. The van der Waals surface area contributed by atoms with Crippen LogP contribution in [0.15, 0.2) is 72.9 Å². The Bertz CT molecular complexity index is 1230. The van der Waals surface area contributed by atoms with Gasteiger partial charge in [0.2, 0.25) is 5.91 Å². The van der Waals surface area contributed by atoms with E-state index in [4.69, 9.17) is 9.47 Å². The minimum absolute atomic E-state index is 0.172. The van der Waals surface area contributed by atoms with Gasteiger partial charge in [0.05, 0.1) is 25.4 Å². The van der Waals surface area contributed by atoms with Crippen molar-refractivity contribution in [3.63, 3.8) is 0 Å². The van der Waals surface area contributed by atoms with Crippen LogP contribution in [0, 0.1) is 0 Å². The second-order valence-electron chi connectivity index (χ2n) is 17.9. The van der Waals surface area contributed by atoms with Gasteiger partial charge >= 0.3 is 0 Å². The first-order chi connectivity index (χ1) is 31.3. The maximum absolute atomic E-state index is 13.0. The maximum Gasteiger partial charge on any atom is 0.220 e. The van der Waals surface area contributed by atoms with Gasteiger partial charge in [0.15, 0.2) is 6.29 Å². The van der Waals surface area contributed by atoms with Crippen molar-refractivity contribution in [2.45, 2.75) is 256 Å². The van der Waals surface area contributed by atoms with Gasteiger partial charge in [-0.05, 0) is 51.4 Å². The van der Waals surface area contributed by atoms with Crippen LogP contribution in [0.5, 0.6) is 0 Å². The largest absolute Gasteiger partial charge is 0.394 e. The number of aliphatic hydroxyl groups excluding tert-OH is 5. The number of allylic oxidation sites excluding steroid dienone is 12. The standard InChI is InChI=1S/C55H97NO8/c1-3-5-7-9-11-13-15-17-19-21-23-24-25-27-28-30-32-34-36-38-40-42-44-49(58)48(47-63-55-54(62)53(61)52(60)50(46-57)64-55)56-51(59)45-43-41-39-37-35-33-31-29-26-22-20-18-16-14-12-10-8-6-4-2/h6,8,12,14,18,20,26,29,33,35,39,41,48-50,52-55,57-58,60-62H,3-5,7,9-11,13,15-17,19,21-25,27-28,30-32,34,36-38,40,42-47H2,1-2H3,(H,56,59)/b8-6-,14-12-,20-18-,29-26-,35-33-,41-39-. The molecule has 7 atom stereocenters. The van der Waals surface area contributed by atoms with E-state index in [2.05, 4.69) is 79.9 Å². The van der Waals surface area contributed by atoms with E-state index in [0.717, 1.165) is 57.8 Å². The number of hydrogen-bond acceptors (Lipinski definition) is 8. The Morgan fingerprint density at radius 2 is 0.938 bits per heavy atom. The summed E-state index contributed by atoms with van der Waals surface area (Å²) < 4.78 is 11.3. The quantitative estimate of drug-likeness (QED) is 0.0262. The molecule has 7 unspecified atom stereocenters. The fraction of sp³-hybridized carbons (Fsp3) is 0.764. The third-order valence-electron chi connectivity index (χ3n) is 12.1. The topological polar surface area (TPSA) is 149 Å². The monoisotopic (exact) mass is 900 g/mol. The predicted octanol–water partition coefficient (Wildman–Crippen LogP) is 12.1. The first-order valence-corrected chi connectivity index (χ1v) is 26.1. The number of aliphatic hydroxyl groups is 5. The van der Waals surface area contributed by atoms with Crippen LogP contribution in [0.4, 0.5) is 0 Å². The normalized spacial score (nSPS) is 20.6. The molecule has 1 fully saturated rings. The molecule has 0 aliphatic carbocycles. The molecule has 0 saturated carbocycles. The molecular weight excluding hydrogens is 803 g/mol. The Hall–Kier alpha value is -2.37. The fourth-order valence-corrected chi connectivity index (χ4v) is 7.95. The molecule has 0 aromatic carbocycles. The van der Waals surface area contributed by atoms with Crippen molar-refractivity contribution in [3.8, 4) is 0 Å². The summed E-state index contributed by atoms with van der Waals surface area (Å²) in [5.74, 6) is -0.227. The number of ether oxygens (including phenoxy) is 2. The summed E-state index contributed by atoms with van der Waals surface area (Å²) in [4.78, 5) is 13.0. The summed E-state index contributed by atoms with van der Waals surface area (Å²) in [6.07, 6.45) is 53.6. The smallest absolute Gasteiger partial charge is 0.220 e. The van der Waals surface area contributed by atoms with Crippen LogP contribution in [0.3, 0.4) is 0 Å². The van der Waals surface area contributed by atoms with Crippen molar-refractivity contribution in [2.24, 2.45) is 0 Å². The van der Waals surface area contributed by atoms with E-state index in [1.54, 1.807) is 0 Å². The van der Waals surface area contributed by atoms with Crippen molar-refractivity contribution in [2.75, 3.05) is 13.2 Å². The van der Waals surface area contributed by atoms with E-state index in [-0.39, 0.29) is 18.9 Å². The van der Waals surface area contributed by atoms with Crippen LogP contribution in [0.25, 0.3) is 0 Å². The van der Waals surface area contributed by atoms with E-state index >= 15 is 0 Å². The lowest BCUT2D eigenvalue weighted by Gasteiger charge is -2.40. The molecule has 1 amide bonds. The van der Waals surface area contributed by atoms with Gasteiger partial charge in [0, 0.05) is 6.42 Å². The average Bonchev–Trinajstić information content (AvgIpc) is 3.29. The molecule has 6 N–H and O–H groups in total. The molecule has 9 nitrogen and oxygen atoms in total. The summed E-state index contributed by atoms with van der Waals surface area (Å²) in [5.41, 5.74) is 0. The Balaban J connectivity index is 2.32. The lowest BCUT2D eigenvalue weighted by atomic mass is 9.99. The molecule has 0 bridgehead atoms. The minimum atomic E-state index is -1.57. The SMILES string of the molecule is CC/C=C\C/C=C\C/C=C\C/C=C\C/C=C\C/C=C\CCC(=O)NC(COC1OC(CO)C(O)C(O)C1O)C(O)CCCCCCCCCCCCCCCCCCCCCCCC. The number of rotatable bonds is 43. The maximum atomic E-state index is 13.0. The Kier molecular flexibility index (Phi) is 41.4. The predicted molar refractivity (Wildman–Crippen MR) is 267 cm³/mol. The van der Waals surface area contributed by atoms with Gasteiger partial charge < -0.3 is 40.3 Å². The number of unbranched alkanes of at least 4 members (excludes halogenated alkanes) is 21. The fourth-order valence-electron chi connectivity index (χ4n) is 7.95. The zero-order chi connectivity index (χ0) is 46.6. The molecule has 1 aliphatic rings. The second kappa shape index (κ2) is 44.5. The number of nitrogens with one attached hydrogen (secondary N) is 1. The van der Waals surface area contributed by atoms with Crippen molar-refractivity contribution in [3.05, 3.63) is 72.9 Å². The van der Waals surface area contributed by atoms with E-state index < -0.39 is 49.5 Å². The van der Waals surface area contributed by atoms with Gasteiger partial charge in [-0.3, -0.25) is 4.79 Å². The molecule has 1 rings (SSSR count). The van der Waals surface area contributed by atoms with Crippen LogP contribution >= 0.6 is 0 Å². The van der Waals surface area contributed by atoms with Gasteiger partial charge in [-0.15, -0.1) is 0 Å². The van der Waals surface area contributed by atoms with Crippen molar-refractivity contribution >= 4 is 5.91 Å². The highest BCUT2D eigenvalue weighted by atomic mass is 16.7. The second-order valence-corrected chi connectivity index (χ2v) is 17.9. The lowest BCUT2D eigenvalue weighted by Crippen LogP contribution is -2.60. The molecular formula is C55H97NO8. The van der Waals surface area contributed by atoms with E-state index in [1.165, 1.54) is 122 Å². The summed E-state index contributed by atoms with van der Waals surface area (Å²) in [6, 6.07) is -0.764. The van der Waals surface area contributed by atoms with Crippen molar-refractivity contribution < 1.29 is 39.8 Å². The highest BCUT2D eigenvalue weighted by molar-refractivity contribution is 5.76. The van der Waals surface area contributed by atoms with Gasteiger partial charge in [-0.1, -0.05) is 228 Å². The third-order valence-corrected chi connectivity index (χ3v) is 12.1. The summed E-state index contributed by atoms with van der Waals surface area (Å²) in [5, 5.41) is 54.5. The molecule has 0 radical (unpaired) electrons. The van der Waals surface area contributed by atoms with Crippen molar-refractivity contribution in [1.29, 1.82) is 0 Å². The number of carbonyl (C=O) groups is 1. The molecule has 0 aromatic rings. The van der Waals surface area contributed by atoms with Gasteiger partial charge in [-0.2, -0.15) is 0 Å². The summed E-state index contributed by atoms with van der Waals surface area (Å²) in [6.45, 7) is 3.68. The highest BCUT2D eigenvalue weighted by Gasteiger charge is 2.44. The van der Waals surface area contributed by atoms with Crippen molar-refractivity contribution in [1.82, 2.24) is 5.32 Å². The summed E-state index contributed by atoms with van der Waals surface area (Å²) >= 11 is 0. The van der Waals surface area contributed by atoms with Crippen LogP contribution in [-0.2, 0) is 14.3 Å². The van der Waals surface area contributed by atoms with Gasteiger partial charge in [0.25, 0.3) is 0 Å². The zero-order valence-corrected chi connectivity index (χ0v) is 40.8. The first-order valence-electron chi connectivity index (χ1n) is 26.1. The molecule has 1 aliphatic heterocycles. The first kappa shape index (κ1) is 59.6. The molecule has 64 heavy (non-hydrogen) atoms. The van der Waals surface area contributed by atoms with Crippen LogP contribution in [-0.4, -0.2) is 87.5 Å². The molecule has 0 spiro atoms. The number of carbonyl (C=O) groups excluding carboxylic acids is 1. The number of hydrogen-bond donors (Lipinski definition) is 6. The van der Waals surface area contributed by atoms with Crippen LogP contribution in [0.2, 0.25) is 0 Å². The average molecular weight is 900 g/mol. The lowest BCUT2D eigenvalue weighted by molar-refractivity contribution is -0.302. The minimum Gasteiger partial charge on any atom is -0.394 e. The summed E-state index contributed by atoms with van der Waals surface area (Å²) in [7, 11) is 0. The van der Waals surface area contributed by atoms with Gasteiger partial charge in [0.1, 0.15) is 24.4 Å². The van der Waals surface area contributed by atoms with Gasteiger partial charge in [-0.25, -0.2) is 0 Å². The molecule has 1 heterocycles. The number of amides is 1. The molecule has 0 aromatic heterocycles. The molecule has 9 heteroatoms. The van der Waals surface area contributed by atoms with Crippen LogP contribution in [0.1, 0.15) is 213 Å². The molecule has 1 saturated heterocycles.